The Balaban J connectivity index is 1.45. The quantitative estimate of drug-likeness (QED) is 0.327. The molecule has 3 aliphatic carbocycles. The molecule has 1 spiro atoms. The van der Waals surface area contributed by atoms with Gasteiger partial charge >= 0.3 is 0 Å². The largest absolute Gasteiger partial charge is 0.449 e. The summed E-state index contributed by atoms with van der Waals surface area (Å²) in [6.07, 6.45) is 8.06. The molecule has 0 unspecified atom stereocenters. The van der Waals surface area contributed by atoms with Crippen LogP contribution in [0.1, 0.15) is 18.6 Å². The minimum Gasteiger partial charge on any atom is -0.449 e. The normalized spacial score (nSPS) is 37.0. The average Bonchev–Trinajstić information content (AvgIpc) is 2.87. The number of hydrazone groups is 1. The van der Waals surface area contributed by atoms with Crippen LogP contribution in [0.3, 0.4) is 0 Å². The van der Waals surface area contributed by atoms with Crippen molar-refractivity contribution in [3.63, 3.8) is 0 Å². The van der Waals surface area contributed by atoms with Crippen molar-refractivity contribution in [3.05, 3.63) is 33.8 Å². The van der Waals surface area contributed by atoms with Crippen LogP contribution in [-0.4, -0.2) is 23.0 Å². The van der Waals surface area contributed by atoms with E-state index in [1.54, 1.807) is 6.07 Å². The molecule has 4 atom stereocenters. The molecule has 5 nitrogen and oxygen atoms in total. The summed E-state index contributed by atoms with van der Waals surface area (Å²) in [5, 5.41) is 5.16. The van der Waals surface area contributed by atoms with Gasteiger partial charge in [0.1, 0.15) is 5.76 Å². The van der Waals surface area contributed by atoms with E-state index in [0.29, 0.717) is 5.76 Å². The highest BCUT2D eigenvalue weighted by Gasteiger charge is 2.73. The molecule has 0 radical (unpaired) electrons. The maximum absolute atomic E-state index is 12.7. The van der Waals surface area contributed by atoms with Crippen molar-refractivity contribution in [2.75, 3.05) is 0 Å². The van der Waals surface area contributed by atoms with Crippen molar-refractivity contribution in [1.82, 2.24) is 5.01 Å². The molecule has 2 bridgehead atoms. The van der Waals surface area contributed by atoms with E-state index in [4.69, 9.17) is 4.42 Å². The maximum atomic E-state index is 12.7. The van der Waals surface area contributed by atoms with E-state index in [1.165, 1.54) is 6.21 Å². The van der Waals surface area contributed by atoms with Crippen molar-refractivity contribution in [2.24, 2.45) is 34.2 Å². The predicted octanol–water partition coefficient (Wildman–Crippen LogP) is 2.42. The number of furan rings is 1. The second kappa shape index (κ2) is 4.10. The molecule has 2 saturated carbocycles. The Morgan fingerprint density at radius 1 is 1.18 bits per heavy atom. The standard InChI is InChI=1S/C16H13IN2O3/c17-11-4-1-8(22-11)7-18-19-14(20)12-9-2-3-10(13(12)15(19)21)16(9)5-6-16/h1-4,7,9-10,12-13H,5-6H2/b18-7-/t9-,10-,12-,13-/m0/s1. The summed E-state index contributed by atoms with van der Waals surface area (Å²) < 4.78 is 6.12. The molecule has 0 N–H and O–H groups in total. The van der Waals surface area contributed by atoms with E-state index in [-0.39, 0.29) is 40.9 Å². The lowest BCUT2D eigenvalue weighted by molar-refractivity contribution is -0.141. The van der Waals surface area contributed by atoms with Crippen molar-refractivity contribution >= 4 is 40.6 Å². The molecule has 2 amide bonds. The van der Waals surface area contributed by atoms with Gasteiger partial charge in [-0.05, 0) is 64.8 Å². The molecule has 5 rings (SSSR count). The van der Waals surface area contributed by atoms with Crippen LogP contribution in [-0.2, 0) is 9.59 Å². The summed E-state index contributed by atoms with van der Waals surface area (Å²) in [7, 11) is 0. The smallest absolute Gasteiger partial charge is 0.254 e. The Hall–Kier alpha value is -1.44. The van der Waals surface area contributed by atoms with Crippen LogP contribution < -0.4 is 0 Å². The van der Waals surface area contributed by atoms with Gasteiger partial charge in [0.15, 0.2) is 3.77 Å². The number of imide groups is 1. The van der Waals surface area contributed by atoms with Crippen molar-refractivity contribution in [3.8, 4) is 0 Å². The Morgan fingerprint density at radius 2 is 1.82 bits per heavy atom. The second-order valence-electron chi connectivity index (χ2n) is 6.60. The number of hydrogen-bond donors (Lipinski definition) is 0. The number of halogens is 1. The van der Waals surface area contributed by atoms with Gasteiger partial charge in [-0.25, -0.2) is 0 Å². The predicted molar refractivity (Wildman–Crippen MR) is 85.6 cm³/mol. The minimum absolute atomic E-state index is 0.143. The molecule has 6 heteroatoms. The van der Waals surface area contributed by atoms with Crippen LogP contribution in [0.2, 0.25) is 0 Å². The van der Waals surface area contributed by atoms with Gasteiger partial charge < -0.3 is 4.42 Å². The summed E-state index contributed by atoms with van der Waals surface area (Å²) in [5.74, 6) is 0.346. The summed E-state index contributed by atoms with van der Waals surface area (Å²) >= 11 is 2.06. The van der Waals surface area contributed by atoms with Gasteiger partial charge in [-0.1, -0.05) is 12.2 Å². The molecule has 1 aliphatic heterocycles. The summed E-state index contributed by atoms with van der Waals surface area (Å²) in [6.45, 7) is 0. The highest BCUT2D eigenvalue weighted by atomic mass is 127. The van der Waals surface area contributed by atoms with E-state index in [1.807, 2.05) is 6.07 Å². The van der Waals surface area contributed by atoms with Crippen LogP contribution in [0.15, 0.2) is 33.8 Å². The number of carbonyl (C=O) groups is 2. The van der Waals surface area contributed by atoms with E-state index in [9.17, 15) is 9.59 Å². The minimum atomic E-state index is -0.195. The van der Waals surface area contributed by atoms with Gasteiger partial charge in [0.05, 0.1) is 18.1 Å². The number of rotatable bonds is 2. The molecule has 4 aliphatic rings. The summed E-state index contributed by atoms with van der Waals surface area (Å²) in [4.78, 5) is 25.3. The van der Waals surface area contributed by atoms with Crippen molar-refractivity contribution in [2.45, 2.75) is 12.8 Å². The van der Waals surface area contributed by atoms with E-state index in [2.05, 4.69) is 39.8 Å². The second-order valence-corrected chi connectivity index (χ2v) is 7.66. The lowest BCUT2D eigenvalue weighted by Crippen LogP contribution is -2.30. The Labute approximate surface area is 140 Å². The molecule has 112 valence electrons. The topological polar surface area (TPSA) is 62.9 Å². The maximum Gasteiger partial charge on any atom is 0.254 e. The third-order valence-electron chi connectivity index (χ3n) is 5.72. The summed E-state index contributed by atoms with van der Waals surface area (Å²) in [5.41, 5.74) is 0.230. The number of fused-ring (bicyclic) bond motifs is 3. The molecule has 22 heavy (non-hydrogen) atoms. The number of hydrogen-bond acceptors (Lipinski definition) is 4. The van der Waals surface area contributed by atoms with Gasteiger partial charge in [-0.2, -0.15) is 10.1 Å². The molecule has 1 aromatic heterocycles. The lowest BCUT2D eigenvalue weighted by atomic mass is 9.85. The van der Waals surface area contributed by atoms with Crippen molar-refractivity contribution in [1.29, 1.82) is 0 Å². The first kappa shape index (κ1) is 13.0. The third-order valence-corrected chi connectivity index (χ3v) is 6.30. The molecule has 2 heterocycles. The van der Waals surface area contributed by atoms with Crippen LogP contribution in [0.5, 0.6) is 0 Å². The first-order chi connectivity index (χ1) is 10.6. The fourth-order valence-corrected chi connectivity index (χ4v) is 5.12. The fourth-order valence-electron chi connectivity index (χ4n) is 4.69. The average molecular weight is 408 g/mol. The van der Waals surface area contributed by atoms with Gasteiger partial charge in [0.2, 0.25) is 0 Å². The Bertz CT molecular complexity index is 727. The van der Waals surface area contributed by atoms with Gasteiger partial charge in [0, 0.05) is 0 Å². The number of allylic oxidation sites excluding steroid dienone is 2. The first-order valence-corrected chi connectivity index (χ1v) is 8.55. The van der Waals surface area contributed by atoms with E-state index >= 15 is 0 Å². The van der Waals surface area contributed by atoms with Crippen LogP contribution in [0.4, 0.5) is 0 Å². The third kappa shape index (κ3) is 1.46. The van der Waals surface area contributed by atoms with Gasteiger partial charge in [-0.15, -0.1) is 0 Å². The highest BCUT2D eigenvalue weighted by molar-refractivity contribution is 14.1. The van der Waals surface area contributed by atoms with Crippen LogP contribution in [0, 0.1) is 32.9 Å². The molecular weight excluding hydrogens is 395 g/mol. The first-order valence-electron chi connectivity index (χ1n) is 7.47. The molecular formula is C16H13IN2O3. The van der Waals surface area contributed by atoms with Crippen LogP contribution in [0.25, 0.3) is 0 Å². The highest BCUT2D eigenvalue weighted by Crippen LogP contribution is 2.73. The lowest BCUT2D eigenvalue weighted by Gasteiger charge is -2.18. The number of carbonyl (C=O) groups excluding carboxylic acids is 2. The van der Waals surface area contributed by atoms with Gasteiger partial charge in [0.25, 0.3) is 11.8 Å². The molecule has 0 aromatic carbocycles. The molecule has 1 aromatic rings. The zero-order chi connectivity index (χ0) is 15.1. The number of amides is 2. The number of nitrogens with zero attached hydrogens (tertiary/aromatic N) is 2. The SMILES string of the molecule is O=C1[C@@H]2[C@@H](C(=O)N1/N=C\c1ccc(I)o1)[C@@H]1C=C[C@@H]2C12CC2. The van der Waals surface area contributed by atoms with Crippen LogP contribution >= 0.6 is 22.6 Å². The van der Waals surface area contributed by atoms with Gasteiger partial charge in [-0.3, -0.25) is 9.59 Å². The molecule has 1 saturated heterocycles. The zero-order valence-corrected chi connectivity index (χ0v) is 13.8. The Morgan fingerprint density at radius 3 is 2.32 bits per heavy atom. The van der Waals surface area contributed by atoms with E-state index in [0.717, 1.165) is 21.6 Å². The Kier molecular flexibility index (Phi) is 2.43. The monoisotopic (exact) mass is 408 g/mol. The fraction of sp³-hybridized carbons (Fsp3) is 0.438. The van der Waals surface area contributed by atoms with Crippen molar-refractivity contribution < 1.29 is 14.0 Å². The van der Waals surface area contributed by atoms with E-state index < -0.39 is 0 Å². The summed E-state index contributed by atoms with van der Waals surface area (Å²) in [6, 6.07) is 3.58. The molecule has 3 fully saturated rings. The zero-order valence-electron chi connectivity index (χ0n) is 11.6.